The average molecular weight is 768 g/mol. The maximum Gasteiger partial charge on any atom is 0.416 e. The molecule has 4 unspecified atom stereocenters. The van der Waals surface area contributed by atoms with E-state index in [2.05, 4.69) is 53.8 Å². The number of hydrogen-bond acceptors (Lipinski definition) is 5. The van der Waals surface area contributed by atoms with Crippen LogP contribution in [0, 0.1) is 17.3 Å². The number of allylic oxidation sites excluding steroid dienone is 5. The molecule has 1 saturated carbocycles. The van der Waals surface area contributed by atoms with Gasteiger partial charge in [-0.05, 0) is 91.3 Å². The Morgan fingerprint density at radius 3 is 2.41 bits per heavy atom. The largest absolute Gasteiger partial charge is 0.483 e. The van der Waals surface area contributed by atoms with Crippen molar-refractivity contribution in [3.05, 3.63) is 128 Å². The first-order chi connectivity index (χ1) is 27.0. The Bertz CT molecular complexity index is 2220. The highest BCUT2D eigenvalue weighted by Gasteiger charge is 2.70. The van der Waals surface area contributed by atoms with Crippen LogP contribution in [0.25, 0.3) is 5.76 Å². The van der Waals surface area contributed by atoms with E-state index in [1.54, 1.807) is 12.1 Å². The van der Waals surface area contributed by atoms with Gasteiger partial charge in [-0.1, -0.05) is 51.5 Å². The van der Waals surface area contributed by atoms with Crippen LogP contribution in [0.3, 0.4) is 0 Å². The fourth-order valence-electron chi connectivity index (χ4n) is 10.8. The number of unbranched alkanes of at least 4 members (excludes halogenated alkanes) is 1. The topological polar surface area (TPSA) is 105 Å². The van der Waals surface area contributed by atoms with Crippen molar-refractivity contribution in [1.29, 1.82) is 0 Å². The summed E-state index contributed by atoms with van der Waals surface area (Å²) < 4.78 is 52.4. The van der Waals surface area contributed by atoms with E-state index in [0.29, 0.717) is 11.3 Å². The van der Waals surface area contributed by atoms with Gasteiger partial charge < -0.3 is 26.2 Å². The summed E-state index contributed by atoms with van der Waals surface area (Å²) in [5, 5.41) is 9.49. The first kappa shape index (κ1) is 39.3. The lowest BCUT2D eigenvalue weighted by Gasteiger charge is -2.67. The number of carboxylic acid groups (broad SMARTS) is 1. The van der Waals surface area contributed by atoms with Crippen molar-refractivity contribution in [2.24, 2.45) is 23.0 Å². The van der Waals surface area contributed by atoms with E-state index in [0.717, 1.165) is 79.7 Å². The molecule has 296 valence electrons. The Labute approximate surface area is 327 Å². The molecule has 3 aromatic carbocycles. The molecule has 0 amide bonds. The number of fused-ring (bicyclic) bond motifs is 4. The zero-order chi connectivity index (χ0) is 39.9. The Hall–Kier alpha value is -4.99. The minimum absolute atomic E-state index is 0.0778. The van der Waals surface area contributed by atoms with E-state index in [1.165, 1.54) is 52.7 Å². The zero-order valence-electron chi connectivity index (χ0n) is 32.8. The number of alkyl halides is 3. The summed E-state index contributed by atoms with van der Waals surface area (Å²) in [6.07, 6.45) is 9.41. The van der Waals surface area contributed by atoms with Gasteiger partial charge in [-0.25, -0.2) is 4.58 Å². The first-order valence-corrected chi connectivity index (χ1v) is 20.2. The van der Waals surface area contributed by atoms with Crippen molar-refractivity contribution in [2.45, 2.75) is 83.7 Å². The van der Waals surface area contributed by atoms with Crippen LogP contribution >= 0.6 is 0 Å². The molecule has 7 aliphatic rings. The monoisotopic (exact) mass is 767 g/mol. The lowest BCUT2D eigenvalue weighted by atomic mass is 9.39. The normalized spacial score (nSPS) is 25.2. The van der Waals surface area contributed by atoms with Crippen molar-refractivity contribution >= 4 is 23.6 Å². The maximum atomic E-state index is 14.3. The SMILES string of the molecule is CC.CCCCN(C)c1ccc(N)cc1.NC1=C[C@@]23C(=C4OC5=c6cc7c8c(c6C2CC5C(c2ccccc2C(F)(F)F)C43)CCC[N+]=8CCC7)C=C1.O=CO. The van der Waals surface area contributed by atoms with E-state index in [9.17, 15) is 13.2 Å². The van der Waals surface area contributed by atoms with Crippen LogP contribution < -0.4 is 31.5 Å². The highest BCUT2D eigenvalue weighted by molar-refractivity contribution is 5.69. The second-order valence-corrected chi connectivity index (χ2v) is 15.6. The molecular weight excluding hydrogens is 714 g/mol. The van der Waals surface area contributed by atoms with E-state index >= 15 is 0 Å². The van der Waals surface area contributed by atoms with Crippen molar-refractivity contribution < 1.29 is 27.8 Å². The number of carbonyl (C=O) groups is 1. The van der Waals surface area contributed by atoms with Gasteiger partial charge in [0.15, 0.2) is 0 Å². The molecule has 7 nitrogen and oxygen atoms in total. The average Bonchev–Trinajstić information content (AvgIpc) is 3.19. The summed E-state index contributed by atoms with van der Waals surface area (Å²) >= 11 is 0. The van der Waals surface area contributed by atoms with Crippen molar-refractivity contribution in [3.63, 3.8) is 0 Å². The molecule has 0 radical (unpaired) electrons. The van der Waals surface area contributed by atoms with Gasteiger partial charge in [0.05, 0.1) is 5.56 Å². The summed E-state index contributed by atoms with van der Waals surface area (Å²) in [6, 6.07) is 16.6. The second kappa shape index (κ2) is 15.5. The van der Waals surface area contributed by atoms with E-state index in [4.69, 9.17) is 26.1 Å². The third-order valence-corrected chi connectivity index (χ3v) is 12.8. The Morgan fingerprint density at radius 1 is 1.02 bits per heavy atom. The smallest absolute Gasteiger partial charge is 0.416 e. The number of nitrogen functional groups attached to an aromatic ring is 1. The van der Waals surface area contributed by atoms with Crippen LogP contribution in [-0.2, 0) is 28.5 Å². The summed E-state index contributed by atoms with van der Waals surface area (Å²) in [5.74, 6) is 1.45. The fourth-order valence-corrected chi connectivity index (χ4v) is 10.8. The second-order valence-electron chi connectivity index (χ2n) is 15.6. The van der Waals surface area contributed by atoms with Crippen LogP contribution in [0.15, 0.2) is 89.9 Å². The summed E-state index contributed by atoms with van der Waals surface area (Å²) in [7, 11) is 2.11. The number of halogens is 3. The minimum Gasteiger partial charge on any atom is -0.483 e. The van der Waals surface area contributed by atoms with Gasteiger partial charge in [0.1, 0.15) is 24.6 Å². The van der Waals surface area contributed by atoms with Crippen molar-refractivity contribution in [2.75, 3.05) is 37.3 Å². The van der Waals surface area contributed by atoms with Gasteiger partial charge in [-0.2, -0.15) is 13.2 Å². The van der Waals surface area contributed by atoms with Crippen molar-refractivity contribution in [1.82, 2.24) is 4.58 Å². The van der Waals surface area contributed by atoms with E-state index in [1.807, 2.05) is 32.1 Å². The van der Waals surface area contributed by atoms with Crippen LogP contribution in [0.4, 0.5) is 24.5 Å². The molecule has 5 N–H and O–H groups in total. The molecular formula is C46H54F3N4O3+. The zero-order valence-corrected chi connectivity index (χ0v) is 32.8. The van der Waals surface area contributed by atoms with Crippen LogP contribution in [0.5, 0.6) is 0 Å². The van der Waals surface area contributed by atoms with Crippen LogP contribution in [-0.4, -0.2) is 38.3 Å². The summed E-state index contributed by atoms with van der Waals surface area (Å²) in [5.41, 5.74) is 19.7. The maximum absolute atomic E-state index is 14.3. The number of rotatable bonds is 5. The predicted molar refractivity (Wildman–Crippen MR) is 216 cm³/mol. The van der Waals surface area contributed by atoms with E-state index in [-0.39, 0.29) is 30.1 Å². The van der Waals surface area contributed by atoms with Gasteiger partial charge >= 0.3 is 6.18 Å². The molecule has 56 heavy (non-hydrogen) atoms. The number of ether oxygens (including phenoxy) is 1. The third kappa shape index (κ3) is 6.29. The summed E-state index contributed by atoms with van der Waals surface area (Å²) in [6.45, 7) is 9.28. The van der Waals surface area contributed by atoms with Crippen LogP contribution in [0.2, 0.25) is 0 Å². The highest BCUT2D eigenvalue weighted by atomic mass is 19.4. The molecule has 3 aliphatic heterocycles. The molecule has 3 heterocycles. The number of benzene rings is 3. The first-order valence-electron chi connectivity index (χ1n) is 20.2. The number of aryl methyl sites for hydroxylation is 1. The quantitative estimate of drug-likeness (QED) is 0.140. The standard InChI is InChI=1S/C32H28F3N2O.C11H18N2.C2H6.CH2O2/c33-32(34,35)22-8-2-1-6-18(22)26-21-14-24-25-19-7-4-12-37-11-3-5-16(28(19)37)13-20(25)29(21)38-30-23-10-9-17(36)15-31(23,24)27(26)30;1-3-4-9-13(2)11-7-5-10(12)6-8-11;1-2;2-1-3/h1-2,6,8-10,13,15,21,24,26-27H,3-5,7,11-12,14,36H2;5-8H,3-4,9,12H2,1-2H3;1-2H3;1H,(H,2,3)/q+1;;;/t21?,24?,26?,27?,31-;;;/m1.../s1. The van der Waals surface area contributed by atoms with Gasteiger partial charge in [0, 0.05) is 88.6 Å². The molecule has 10 heteroatoms. The van der Waals surface area contributed by atoms with Gasteiger partial charge in [-0.3, -0.25) is 4.79 Å². The van der Waals surface area contributed by atoms with Gasteiger partial charge in [-0.15, -0.1) is 0 Å². The van der Waals surface area contributed by atoms with Crippen LogP contribution in [0.1, 0.15) is 92.5 Å². The number of nitrogens with two attached hydrogens (primary N) is 2. The minimum atomic E-state index is -4.40. The molecule has 10 rings (SSSR count). The van der Waals surface area contributed by atoms with E-state index < -0.39 is 17.2 Å². The number of anilines is 2. The molecule has 1 saturated heterocycles. The lowest BCUT2D eigenvalue weighted by Crippen LogP contribution is -2.62. The number of nitrogens with zero attached hydrogens (tertiary/aromatic N) is 2. The molecule has 3 aromatic rings. The molecule has 0 aromatic heterocycles. The van der Waals surface area contributed by atoms with Crippen molar-refractivity contribution in [3.8, 4) is 0 Å². The number of hydrogen-bond donors (Lipinski definition) is 3. The highest BCUT2D eigenvalue weighted by Crippen LogP contribution is 2.76. The molecule has 3 bridgehead atoms. The molecule has 1 spiro atoms. The fraction of sp³-hybridized carbons (Fsp3) is 0.435. The third-order valence-electron chi connectivity index (χ3n) is 12.8. The molecule has 5 atom stereocenters. The Balaban J connectivity index is 0.000000226. The Morgan fingerprint density at radius 2 is 1.71 bits per heavy atom. The van der Waals surface area contributed by atoms with Gasteiger partial charge in [0.25, 0.3) is 6.47 Å². The summed E-state index contributed by atoms with van der Waals surface area (Å²) in [4.78, 5) is 10.6. The molecule has 2 fully saturated rings. The lowest BCUT2D eigenvalue weighted by molar-refractivity contribution is -0.139. The Kier molecular flexibility index (Phi) is 10.9. The van der Waals surface area contributed by atoms with Gasteiger partial charge in [0.2, 0.25) is 5.36 Å². The predicted octanol–water partition coefficient (Wildman–Crippen LogP) is 7.64. The molecule has 4 aliphatic carbocycles.